The highest BCUT2D eigenvalue weighted by molar-refractivity contribution is 5.75. The summed E-state index contributed by atoms with van der Waals surface area (Å²) in [5, 5.41) is 18.3. The number of aliphatic carboxylic acids is 1. The second-order valence-corrected chi connectivity index (χ2v) is 6.98. The lowest BCUT2D eigenvalue weighted by Gasteiger charge is -2.37. The first kappa shape index (κ1) is 20.1. The number of hydrogen-bond donors (Lipinski definition) is 2. The van der Waals surface area contributed by atoms with Gasteiger partial charge < -0.3 is 14.8 Å². The summed E-state index contributed by atoms with van der Waals surface area (Å²) >= 11 is 0. The van der Waals surface area contributed by atoms with Gasteiger partial charge in [0.15, 0.2) is 0 Å². The van der Waals surface area contributed by atoms with Gasteiger partial charge in [-0.25, -0.2) is 9.78 Å². The lowest BCUT2D eigenvalue weighted by Crippen LogP contribution is -2.36. The Labute approximate surface area is 180 Å². The lowest BCUT2D eigenvalue weighted by atomic mass is 9.77. The molecule has 1 unspecified atom stereocenters. The van der Waals surface area contributed by atoms with Gasteiger partial charge in [-0.1, -0.05) is 96.9 Å². The Bertz CT molecular complexity index is 1130. The molecule has 5 heteroatoms. The second kappa shape index (κ2) is 8.70. The highest BCUT2D eigenvalue weighted by Crippen LogP contribution is 2.40. The third-order valence-corrected chi connectivity index (χ3v) is 5.12. The molecule has 0 radical (unpaired) electrons. The van der Waals surface area contributed by atoms with Crippen LogP contribution in [0.3, 0.4) is 0 Å². The molecule has 0 aliphatic rings. The molecular formula is C26H20N2O3. The van der Waals surface area contributed by atoms with Crippen LogP contribution in [0.4, 0.5) is 0 Å². The van der Waals surface area contributed by atoms with E-state index in [-0.39, 0.29) is 0 Å². The normalized spacial score (nSPS) is 11.9. The molecule has 4 rings (SSSR count). The van der Waals surface area contributed by atoms with Crippen LogP contribution in [0.25, 0.3) is 0 Å². The van der Waals surface area contributed by atoms with Crippen LogP contribution in [0.15, 0.2) is 104 Å². The molecule has 152 valence electrons. The fourth-order valence-electron chi connectivity index (χ4n) is 3.76. The largest absolute Gasteiger partial charge is 0.479 e. The van der Waals surface area contributed by atoms with Crippen LogP contribution in [0.2, 0.25) is 0 Å². The first-order valence-electron chi connectivity index (χ1n) is 9.76. The minimum absolute atomic E-state index is 0.368. The number of aliphatic hydroxyl groups is 1. The van der Waals surface area contributed by atoms with Crippen LogP contribution in [0.1, 0.15) is 22.4 Å². The zero-order valence-corrected chi connectivity index (χ0v) is 16.6. The number of carboxylic acids is 1. The predicted molar refractivity (Wildman–Crippen MR) is 117 cm³/mol. The van der Waals surface area contributed by atoms with E-state index in [1.165, 1.54) is 0 Å². The summed E-state index contributed by atoms with van der Waals surface area (Å²) in [7, 11) is 0. The Balaban J connectivity index is 1.97. The predicted octanol–water partition coefficient (Wildman–Crippen LogP) is 3.52. The zero-order valence-electron chi connectivity index (χ0n) is 16.6. The van der Waals surface area contributed by atoms with Crippen molar-refractivity contribution < 1.29 is 15.0 Å². The minimum Gasteiger partial charge on any atom is -0.479 e. The van der Waals surface area contributed by atoms with Crippen LogP contribution in [-0.2, 0) is 10.3 Å². The summed E-state index contributed by atoms with van der Waals surface area (Å²) in [5.41, 5.74) is 2.76. The van der Waals surface area contributed by atoms with Gasteiger partial charge in [0.1, 0.15) is 11.2 Å². The maximum atomic E-state index is 10.9. The second-order valence-electron chi connectivity index (χ2n) is 6.98. The maximum absolute atomic E-state index is 10.9. The number of carbonyl (C=O) groups is 1. The van der Waals surface area contributed by atoms with Crippen molar-refractivity contribution in [2.24, 2.45) is 0 Å². The zero-order chi connectivity index (χ0) is 21.7. The Morgan fingerprint density at radius 1 is 0.839 bits per heavy atom. The van der Waals surface area contributed by atoms with Crippen molar-refractivity contribution in [3.8, 4) is 11.8 Å². The third kappa shape index (κ3) is 3.85. The molecule has 0 bridgehead atoms. The van der Waals surface area contributed by atoms with Gasteiger partial charge in [-0.05, 0) is 22.6 Å². The molecule has 5 nitrogen and oxygen atoms in total. The monoisotopic (exact) mass is 408 g/mol. The SMILES string of the molecule is O=C(O)C(O)C#Cc1cn(C(c2ccccc2)(c2ccccc2)c2ccccc2)cn1. The summed E-state index contributed by atoms with van der Waals surface area (Å²) in [5.74, 6) is 3.58. The summed E-state index contributed by atoms with van der Waals surface area (Å²) in [6.07, 6.45) is 1.70. The van der Waals surface area contributed by atoms with Crippen molar-refractivity contribution in [1.82, 2.24) is 9.55 Å². The molecule has 3 aromatic carbocycles. The third-order valence-electron chi connectivity index (χ3n) is 5.12. The van der Waals surface area contributed by atoms with Crippen LogP contribution in [-0.4, -0.2) is 31.8 Å². The number of aromatic nitrogens is 2. The van der Waals surface area contributed by atoms with E-state index in [9.17, 15) is 9.90 Å². The van der Waals surface area contributed by atoms with Crippen molar-refractivity contribution in [2.45, 2.75) is 11.6 Å². The molecule has 1 aromatic heterocycles. The molecule has 31 heavy (non-hydrogen) atoms. The molecule has 0 fully saturated rings. The van der Waals surface area contributed by atoms with Gasteiger partial charge in [-0.15, -0.1) is 0 Å². The van der Waals surface area contributed by atoms with Crippen LogP contribution >= 0.6 is 0 Å². The van der Waals surface area contributed by atoms with Gasteiger partial charge in [0, 0.05) is 6.20 Å². The first-order chi connectivity index (χ1) is 15.1. The molecule has 0 saturated heterocycles. The fraction of sp³-hybridized carbons (Fsp3) is 0.0769. The van der Waals surface area contributed by atoms with E-state index < -0.39 is 17.6 Å². The standard InChI is InChI=1S/C26H20N2O3/c29-24(25(30)31)17-16-23-18-28(19-27-23)26(20-10-4-1-5-11-20,21-12-6-2-7-13-21)22-14-8-3-9-15-22/h1-15,18-19,24,29H,(H,30,31). The Morgan fingerprint density at radius 2 is 1.29 bits per heavy atom. The van der Waals surface area contributed by atoms with E-state index in [1.54, 1.807) is 12.5 Å². The average molecular weight is 408 g/mol. The first-order valence-corrected chi connectivity index (χ1v) is 9.76. The molecule has 0 aliphatic carbocycles. The van der Waals surface area contributed by atoms with Gasteiger partial charge in [0.25, 0.3) is 0 Å². The fourth-order valence-corrected chi connectivity index (χ4v) is 3.76. The van der Waals surface area contributed by atoms with Crippen molar-refractivity contribution in [1.29, 1.82) is 0 Å². The average Bonchev–Trinajstić information content (AvgIpc) is 3.29. The van der Waals surface area contributed by atoms with E-state index >= 15 is 0 Å². The van der Waals surface area contributed by atoms with Gasteiger partial charge >= 0.3 is 5.97 Å². The Hall–Kier alpha value is -4.14. The van der Waals surface area contributed by atoms with Crippen molar-refractivity contribution in [2.75, 3.05) is 0 Å². The molecule has 2 N–H and O–H groups in total. The van der Waals surface area contributed by atoms with Crippen LogP contribution in [0.5, 0.6) is 0 Å². The topological polar surface area (TPSA) is 75.3 Å². The molecular weight excluding hydrogens is 388 g/mol. The number of nitrogens with zero attached hydrogens (tertiary/aromatic N) is 2. The molecule has 0 saturated carbocycles. The Morgan fingerprint density at radius 3 is 1.71 bits per heavy atom. The van der Waals surface area contributed by atoms with Crippen molar-refractivity contribution in [3.63, 3.8) is 0 Å². The Kier molecular flexibility index (Phi) is 5.65. The molecule has 0 amide bonds. The molecule has 0 spiro atoms. The molecule has 4 aromatic rings. The van der Waals surface area contributed by atoms with E-state index in [1.807, 2.05) is 59.2 Å². The van der Waals surface area contributed by atoms with Crippen LogP contribution < -0.4 is 0 Å². The van der Waals surface area contributed by atoms with Crippen molar-refractivity contribution in [3.05, 3.63) is 126 Å². The van der Waals surface area contributed by atoms with Gasteiger partial charge in [-0.3, -0.25) is 0 Å². The summed E-state index contributed by atoms with van der Waals surface area (Å²) in [4.78, 5) is 15.2. The summed E-state index contributed by atoms with van der Waals surface area (Å²) < 4.78 is 1.98. The summed E-state index contributed by atoms with van der Waals surface area (Å²) in [6, 6.07) is 30.3. The van der Waals surface area contributed by atoms with E-state index in [0.717, 1.165) is 16.7 Å². The number of hydrogen-bond acceptors (Lipinski definition) is 3. The van der Waals surface area contributed by atoms with Gasteiger partial charge in [0.05, 0.1) is 6.33 Å². The lowest BCUT2D eigenvalue weighted by molar-refractivity contribution is -0.143. The van der Waals surface area contributed by atoms with Gasteiger partial charge in [0.2, 0.25) is 6.10 Å². The number of rotatable bonds is 5. The smallest absolute Gasteiger partial charge is 0.345 e. The molecule has 0 aliphatic heterocycles. The highest BCUT2D eigenvalue weighted by Gasteiger charge is 2.38. The number of benzene rings is 3. The number of imidazole rings is 1. The molecule has 1 atom stereocenters. The van der Waals surface area contributed by atoms with E-state index in [2.05, 4.69) is 53.2 Å². The van der Waals surface area contributed by atoms with Gasteiger partial charge in [-0.2, -0.15) is 0 Å². The van der Waals surface area contributed by atoms with E-state index in [0.29, 0.717) is 5.69 Å². The quantitative estimate of drug-likeness (QED) is 0.391. The number of aliphatic hydroxyl groups excluding tert-OH is 1. The maximum Gasteiger partial charge on any atom is 0.345 e. The van der Waals surface area contributed by atoms with Crippen LogP contribution in [0, 0.1) is 11.8 Å². The minimum atomic E-state index is -1.76. The highest BCUT2D eigenvalue weighted by atomic mass is 16.4. The van der Waals surface area contributed by atoms with E-state index in [4.69, 9.17) is 5.11 Å². The van der Waals surface area contributed by atoms with Crippen molar-refractivity contribution >= 4 is 5.97 Å². The molecule has 1 heterocycles. The summed E-state index contributed by atoms with van der Waals surface area (Å²) in [6.45, 7) is 0. The number of carboxylic acid groups (broad SMARTS) is 1.